The van der Waals surface area contributed by atoms with E-state index in [0.29, 0.717) is 5.02 Å². The quantitative estimate of drug-likeness (QED) is 0.820. The van der Waals surface area contributed by atoms with Crippen LogP contribution < -0.4 is 4.74 Å². The Bertz CT molecular complexity index is 346. The third kappa shape index (κ3) is 1.86. The average Bonchev–Trinajstić information content (AvgIpc) is 2.10. The SMILES string of the molecule is COc1c(C)cc(Cl)c(C)c1C(C)O. The van der Waals surface area contributed by atoms with Crippen molar-refractivity contribution in [2.45, 2.75) is 26.9 Å². The summed E-state index contributed by atoms with van der Waals surface area (Å²) >= 11 is 6.03. The van der Waals surface area contributed by atoms with Gasteiger partial charge in [0.05, 0.1) is 13.2 Å². The molecule has 2 nitrogen and oxygen atoms in total. The highest BCUT2D eigenvalue weighted by atomic mass is 35.5. The first-order chi connectivity index (χ1) is 6.49. The minimum Gasteiger partial charge on any atom is -0.496 e. The molecule has 0 amide bonds. The molecule has 1 atom stereocenters. The molecule has 0 aromatic heterocycles. The smallest absolute Gasteiger partial charge is 0.127 e. The lowest BCUT2D eigenvalue weighted by Gasteiger charge is -2.17. The predicted octanol–water partition coefficient (Wildman–Crippen LogP) is 3.02. The zero-order chi connectivity index (χ0) is 10.9. The van der Waals surface area contributed by atoms with Gasteiger partial charge in [0.25, 0.3) is 0 Å². The molecule has 0 heterocycles. The van der Waals surface area contributed by atoms with E-state index in [1.54, 1.807) is 14.0 Å². The molecule has 0 saturated heterocycles. The van der Waals surface area contributed by atoms with E-state index in [-0.39, 0.29) is 0 Å². The maximum Gasteiger partial charge on any atom is 0.127 e. The van der Waals surface area contributed by atoms with Crippen molar-refractivity contribution in [1.82, 2.24) is 0 Å². The van der Waals surface area contributed by atoms with Crippen LogP contribution in [-0.4, -0.2) is 12.2 Å². The first kappa shape index (κ1) is 11.3. The van der Waals surface area contributed by atoms with E-state index < -0.39 is 6.10 Å². The highest BCUT2D eigenvalue weighted by molar-refractivity contribution is 6.31. The van der Waals surface area contributed by atoms with Crippen molar-refractivity contribution in [3.63, 3.8) is 0 Å². The summed E-state index contributed by atoms with van der Waals surface area (Å²) in [4.78, 5) is 0. The zero-order valence-corrected chi connectivity index (χ0v) is 9.64. The first-order valence-corrected chi connectivity index (χ1v) is 4.88. The van der Waals surface area contributed by atoms with Gasteiger partial charge in [0.1, 0.15) is 5.75 Å². The van der Waals surface area contributed by atoms with Crippen LogP contribution in [0.4, 0.5) is 0 Å². The largest absolute Gasteiger partial charge is 0.496 e. The normalized spacial score (nSPS) is 12.7. The molecule has 1 unspecified atom stereocenters. The number of aliphatic hydroxyl groups is 1. The lowest BCUT2D eigenvalue weighted by Crippen LogP contribution is -2.02. The second-order valence-corrected chi connectivity index (χ2v) is 3.83. The van der Waals surface area contributed by atoms with Gasteiger partial charge in [-0.05, 0) is 38.0 Å². The van der Waals surface area contributed by atoms with Gasteiger partial charge in [-0.25, -0.2) is 0 Å². The second kappa shape index (κ2) is 4.20. The molecule has 78 valence electrons. The van der Waals surface area contributed by atoms with Gasteiger partial charge in [0.15, 0.2) is 0 Å². The van der Waals surface area contributed by atoms with Crippen molar-refractivity contribution in [1.29, 1.82) is 0 Å². The molecule has 0 bridgehead atoms. The van der Waals surface area contributed by atoms with E-state index in [0.717, 1.165) is 22.4 Å². The lowest BCUT2D eigenvalue weighted by atomic mass is 10.00. The van der Waals surface area contributed by atoms with E-state index in [2.05, 4.69) is 0 Å². The molecular weight excluding hydrogens is 200 g/mol. The van der Waals surface area contributed by atoms with Crippen molar-refractivity contribution < 1.29 is 9.84 Å². The minimum absolute atomic E-state index is 0.567. The van der Waals surface area contributed by atoms with Crippen LogP contribution in [0.3, 0.4) is 0 Å². The van der Waals surface area contributed by atoms with Crippen LogP contribution in [0.15, 0.2) is 6.07 Å². The number of benzene rings is 1. The summed E-state index contributed by atoms with van der Waals surface area (Å²) in [6, 6.07) is 1.85. The zero-order valence-electron chi connectivity index (χ0n) is 8.89. The Morgan fingerprint density at radius 2 is 2.00 bits per heavy atom. The molecule has 0 saturated carbocycles. The Morgan fingerprint density at radius 3 is 2.43 bits per heavy atom. The Kier molecular flexibility index (Phi) is 3.40. The standard InChI is InChI=1S/C11H15ClO2/c1-6-5-9(12)7(2)10(8(3)13)11(6)14-4/h5,8,13H,1-4H3. The Balaban J connectivity index is 3.48. The molecule has 0 spiro atoms. The van der Waals surface area contributed by atoms with E-state index >= 15 is 0 Å². The molecule has 0 aliphatic heterocycles. The molecule has 0 aliphatic carbocycles. The lowest BCUT2D eigenvalue weighted by molar-refractivity contribution is 0.193. The van der Waals surface area contributed by atoms with Crippen molar-refractivity contribution in [2.24, 2.45) is 0 Å². The third-order valence-electron chi connectivity index (χ3n) is 2.33. The highest BCUT2D eigenvalue weighted by Crippen LogP contribution is 2.35. The molecule has 0 aliphatic rings. The van der Waals surface area contributed by atoms with Gasteiger partial charge in [-0.15, -0.1) is 0 Å². The fraction of sp³-hybridized carbons (Fsp3) is 0.455. The summed E-state index contributed by atoms with van der Waals surface area (Å²) in [6.07, 6.45) is -0.567. The molecule has 14 heavy (non-hydrogen) atoms. The summed E-state index contributed by atoms with van der Waals surface area (Å²) in [5.41, 5.74) is 2.60. The highest BCUT2D eigenvalue weighted by Gasteiger charge is 2.16. The molecule has 3 heteroatoms. The summed E-state index contributed by atoms with van der Waals surface area (Å²) < 4.78 is 5.25. The van der Waals surface area contributed by atoms with Crippen LogP contribution in [0.25, 0.3) is 0 Å². The van der Waals surface area contributed by atoms with Crippen molar-refractivity contribution >= 4 is 11.6 Å². The number of aliphatic hydroxyl groups excluding tert-OH is 1. The number of hydrogen-bond donors (Lipinski definition) is 1. The molecule has 0 radical (unpaired) electrons. The van der Waals surface area contributed by atoms with Gasteiger partial charge < -0.3 is 9.84 Å². The van der Waals surface area contributed by atoms with Crippen LogP contribution in [0.5, 0.6) is 5.75 Å². The van der Waals surface area contributed by atoms with Gasteiger partial charge in [-0.2, -0.15) is 0 Å². The maximum atomic E-state index is 9.63. The van der Waals surface area contributed by atoms with Gasteiger partial charge in [0, 0.05) is 10.6 Å². The molecule has 1 aromatic rings. The topological polar surface area (TPSA) is 29.5 Å². The van der Waals surface area contributed by atoms with Crippen LogP contribution in [0.1, 0.15) is 29.7 Å². The molecule has 1 aromatic carbocycles. The molecular formula is C11H15ClO2. The second-order valence-electron chi connectivity index (χ2n) is 3.42. The number of rotatable bonds is 2. The van der Waals surface area contributed by atoms with Gasteiger partial charge >= 0.3 is 0 Å². The molecule has 0 fully saturated rings. The van der Waals surface area contributed by atoms with Crippen LogP contribution in [-0.2, 0) is 0 Å². The average molecular weight is 215 g/mol. The van der Waals surface area contributed by atoms with Crippen molar-refractivity contribution in [3.05, 3.63) is 27.8 Å². The van der Waals surface area contributed by atoms with E-state index in [4.69, 9.17) is 16.3 Å². The summed E-state index contributed by atoms with van der Waals surface area (Å²) in [6.45, 7) is 5.50. The van der Waals surface area contributed by atoms with Gasteiger partial charge in [-0.3, -0.25) is 0 Å². The number of methoxy groups -OCH3 is 1. The summed E-state index contributed by atoms with van der Waals surface area (Å²) in [5.74, 6) is 0.724. The van der Waals surface area contributed by atoms with Crippen LogP contribution in [0.2, 0.25) is 5.02 Å². The monoisotopic (exact) mass is 214 g/mol. The van der Waals surface area contributed by atoms with E-state index in [1.165, 1.54) is 0 Å². The number of aryl methyl sites for hydroxylation is 1. The molecule has 1 rings (SSSR count). The summed E-state index contributed by atoms with van der Waals surface area (Å²) in [7, 11) is 1.60. The van der Waals surface area contributed by atoms with Crippen molar-refractivity contribution in [3.8, 4) is 5.75 Å². The Hall–Kier alpha value is -0.730. The third-order valence-corrected chi connectivity index (χ3v) is 2.72. The predicted molar refractivity (Wildman–Crippen MR) is 58.1 cm³/mol. The molecule has 1 N–H and O–H groups in total. The van der Waals surface area contributed by atoms with Crippen LogP contribution in [0, 0.1) is 13.8 Å². The Morgan fingerprint density at radius 1 is 1.43 bits per heavy atom. The number of halogens is 1. The van der Waals surface area contributed by atoms with Gasteiger partial charge in [0.2, 0.25) is 0 Å². The van der Waals surface area contributed by atoms with E-state index in [1.807, 2.05) is 19.9 Å². The van der Waals surface area contributed by atoms with Crippen LogP contribution >= 0.6 is 11.6 Å². The Labute approximate surface area is 89.5 Å². The van der Waals surface area contributed by atoms with E-state index in [9.17, 15) is 5.11 Å². The fourth-order valence-electron chi connectivity index (χ4n) is 1.65. The maximum absolute atomic E-state index is 9.63. The number of hydrogen-bond acceptors (Lipinski definition) is 2. The fourth-order valence-corrected chi connectivity index (χ4v) is 1.91. The summed E-state index contributed by atoms with van der Waals surface area (Å²) in [5, 5.41) is 10.3. The van der Waals surface area contributed by atoms with Crippen molar-refractivity contribution in [2.75, 3.05) is 7.11 Å². The van der Waals surface area contributed by atoms with Gasteiger partial charge in [-0.1, -0.05) is 11.6 Å². The minimum atomic E-state index is -0.567. The first-order valence-electron chi connectivity index (χ1n) is 4.50. The number of ether oxygens (including phenoxy) is 1.